The fourth-order valence-electron chi connectivity index (χ4n) is 1.45. The highest BCUT2D eigenvalue weighted by atomic mass is 32.2. The lowest BCUT2D eigenvalue weighted by Crippen LogP contribution is -2.35. The van der Waals surface area contributed by atoms with Crippen LogP contribution in [0.3, 0.4) is 0 Å². The van der Waals surface area contributed by atoms with Crippen molar-refractivity contribution in [2.75, 3.05) is 27.2 Å². The van der Waals surface area contributed by atoms with Crippen LogP contribution in [0.15, 0.2) is 21.6 Å². The lowest BCUT2D eigenvalue weighted by atomic mass is 10.2. The summed E-state index contributed by atoms with van der Waals surface area (Å²) in [5, 5.41) is 5.58. The van der Waals surface area contributed by atoms with Gasteiger partial charge < -0.3 is 15.1 Å². The molecular weight excluding hydrogens is 294 g/mol. The van der Waals surface area contributed by atoms with E-state index in [9.17, 15) is 13.2 Å². The van der Waals surface area contributed by atoms with Crippen molar-refractivity contribution < 1.29 is 17.6 Å². The summed E-state index contributed by atoms with van der Waals surface area (Å²) in [6, 6.07) is 2.99. The molecular formula is C13H23N3O4S. The van der Waals surface area contributed by atoms with Crippen LogP contribution >= 0.6 is 0 Å². The smallest absolute Gasteiger partial charge is 0.275 e. The lowest BCUT2D eigenvalue weighted by molar-refractivity contribution is -0.120. The maximum Gasteiger partial charge on any atom is 0.275 e. The van der Waals surface area contributed by atoms with Gasteiger partial charge in [0, 0.05) is 20.6 Å². The summed E-state index contributed by atoms with van der Waals surface area (Å²) in [5.74, 6) is 0.765. The number of hydrogen-bond donors (Lipinski definition) is 2. The SMILES string of the molecule is CC(C)CNC(=O)CNCc1ccc(S(=O)(=O)N(C)C)o1. The Balaban J connectivity index is 2.44. The predicted molar refractivity (Wildman–Crippen MR) is 79.1 cm³/mol. The van der Waals surface area contributed by atoms with Crippen molar-refractivity contribution in [1.29, 1.82) is 0 Å². The molecule has 0 atom stereocenters. The van der Waals surface area contributed by atoms with Gasteiger partial charge in [0.2, 0.25) is 11.0 Å². The molecule has 1 heterocycles. The van der Waals surface area contributed by atoms with Gasteiger partial charge >= 0.3 is 0 Å². The Hall–Kier alpha value is -1.38. The maximum absolute atomic E-state index is 11.8. The summed E-state index contributed by atoms with van der Waals surface area (Å²) in [6.45, 7) is 5.11. The molecule has 7 nitrogen and oxygen atoms in total. The first-order valence-corrected chi connectivity index (χ1v) is 8.16. The van der Waals surface area contributed by atoms with E-state index in [-0.39, 0.29) is 24.1 Å². The quantitative estimate of drug-likeness (QED) is 0.724. The molecule has 0 unspecified atom stereocenters. The van der Waals surface area contributed by atoms with Gasteiger partial charge in [-0.2, -0.15) is 0 Å². The fourth-order valence-corrected chi connectivity index (χ4v) is 2.26. The minimum Gasteiger partial charge on any atom is -0.447 e. The van der Waals surface area contributed by atoms with Crippen molar-refractivity contribution in [3.63, 3.8) is 0 Å². The van der Waals surface area contributed by atoms with Gasteiger partial charge in [0.1, 0.15) is 5.76 Å². The standard InChI is InChI=1S/C13H23N3O4S/c1-10(2)7-15-12(17)9-14-8-11-5-6-13(20-11)21(18,19)16(3)4/h5-6,10,14H,7-9H2,1-4H3,(H,15,17). The molecule has 1 aromatic rings. The highest BCUT2D eigenvalue weighted by Gasteiger charge is 2.21. The van der Waals surface area contributed by atoms with E-state index in [0.29, 0.717) is 18.2 Å². The fraction of sp³-hybridized carbons (Fsp3) is 0.615. The van der Waals surface area contributed by atoms with Crippen LogP contribution in [-0.2, 0) is 21.4 Å². The molecule has 0 spiro atoms. The second kappa shape index (κ2) is 7.58. The summed E-state index contributed by atoms with van der Waals surface area (Å²) < 4.78 is 30.0. The number of carbonyl (C=O) groups excluding carboxylic acids is 1. The Morgan fingerprint density at radius 1 is 1.33 bits per heavy atom. The number of sulfonamides is 1. The van der Waals surface area contributed by atoms with E-state index >= 15 is 0 Å². The van der Waals surface area contributed by atoms with Crippen LogP contribution in [-0.4, -0.2) is 45.8 Å². The number of nitrogens with zero attached hydrogens (tertiary/aromatic N) is 1. The molecule has 0 aliphatic heterocycles. The first-order valence-electron chi connectivity index (χ1n) is 6.72. The van der Waals surface area contributed by atoms with Gasteiger partial charge in [-0.05, 0) is 18.1 Å². The van der Waals surface area contributed by atoms with E-state index < -0.39 is 10.0 Å². The second-order valence-electron chi connectivity index (χ2n) is 5.31. The largest absolute Gasteiger partial charge is 0.447 e. The summed E-state index contributed by atoms with van der Waals surface area (Å²) in [7, 11) is -0.677. The highest BCUT2D eigenvalue weighted by molar-refractivity contribution is 7.88. The number of amides is 1. The number of hydrogen-bond acceptors (Lipinski definition) is 5. The van der Waals surface area contributed by atoms with E-state index in [0.717, 1.165) is 4.31 Å². The molecule has 1 aromatic heterocycles. The minimum absolute atomic E-state index is 0.101. The number of rotatable bonds is 8. The molecule has 0 aliphatic rings. The van der Waals surface area contributed by atoms with Crippen molar-refractivity contribution in [3.8, 4) is 0 Å². The molecule has 0 saturated heterocycles. The van der Waals surface area contributed by atoms with E-state index in [2.05, 4.69) is 10.6 Å². The van der Waals surface area contributed by atoms with E-state index in [1.54, 1.807) is 6.07 Å². The van der Waals surface area contributed by atoms with Crippen LogP contribution in [0.25, 0.3) is 0 Å². The molecule has 2 N–H and O–H groups in total. The molecule has 0 saturated carbocycles. The summed E-state index contributed by atoms with van der Waals surface area (Å²) in [5.41, 5.74) is 0. The van der Waals surface area contributed by atoms with Crippen LogP contribution < -0.4 is 10.6 Å². The van der Waals surface area contributed by atoms with E-state index in [1.807, 2.05) is 13.8 Å². The Morgan fingerprint density at radius 2 is 2.00 bits per heavy atom. The van der Waals surface area contributed by atoms with Crippen molar-refractivity contribution in [3.05, 3.63) is 17.9 Å². The average Bonchev–Trinajstić information content (AvgIpc) is 2.85. The normalized spacial score (nSPS) is 12.1. The second-order valence-corrected chi connectivity index (χ2v) is 7.39. The van der Waals surface area contributed by atoms with Crippen LogP contribution in [0.5, 0.6) is 0 Å². The summed E-state index contributed by atoms with van der Waals surface area (Å²) >= 11 is 0. The third-order valence-electron chi connectivity index (χ3n) is 2.66. The topological polar surface area (TPSA) is 91.7 Å². The van der Waals surface area contributed by atoms with Gasteiger partial charge in [-0.3, -0.25) is 4.79 Å². The molecule has 120 valence electrons. The zero-order valence-corrected chi connectivity index (χ0v) is 13.7. The molecule has 8 heteroatoms. The molecule has 0 aromatic carbocycles. The number of carbonyl (C=O) groups is 1. The first kappa shape index (κ1) is 17.7. The van der Waals surface area contributed by atoms with Crippen LogP contribution in [0.1, 0.15) is 19.6 Å². The monoisotopic (exact) mass is 317 g/mol. The Morgan fingerprint density at radius 3 is 2.57 bits per heavy atom. The third kappa shape index (κ3) is 5.49. The predicted octanol–water partition coefficient (Wildman–Crippen LogP) is 0.392. The highest BCUT2D eigenvalue weighted by Crippen LogP contribution is 2.16. The molecule has 21 heavy (non-hydrogen) atoms. The van der Waals surface area contributed by atoms with Gasteiger partial charge in [-0.25, -0.2) is 12.7 Å². The van der Waals surface area contributed by atoms with Crippen molar-refractivity contribution >= 4 is 15.9 Å². The number of nitrogens with one attached hydrogen (secondary N) is 2. The molecule has 1 rings (SSSR count). The first-order chi connectivity index (χ1) is 9.73. The summed E-state index contributed by atoms with van der Waals surface area (Å²) in [4.78, 5) is 11.5. The van der Waals surface area contributed by atoms with E-state index in [1.165, 1.54) is 20.2 Å². The van der Waals surface area contributed by atoms with Gasteiger partial charge in [-0.1, -0.05) is 13.8 Å². The minimum atomic E-state index is -3.56. The summed E-state index contributed by atoms with van der Waals surface area (Å²) in [6.07, 6.45) is 0. The Kier molecular flexibility index (Phi) is 6.38. The zero-order chi connectivity index (χ0) is 16.0. The maximum atomic E-state index is 11.8. The molecule has 0 aliphatic carbocycles. The molecule has 0 bridgehead atoms. The molecule has 0 radical (unpaired) electrons. The van der Waals surface area contributed by atoms with Crippen LogP contribution in [0.2, 0.25) is 0 Å². The molecule has 0 fully saturated rings. The Labute approximate surface area is 125 Å². The van der Waals surface area contributed by atoms with Gasteiger partial charge in [0.05, 0.1) is 13.1 Å². The lowest BCUT2D eigenvalue weighted by Gasteiger charge is -2.08. The zero-order valence-electron chi connectivity index (χ0n) is 12.8. The van der Waals surface area contributed by atoms with Gasteiger partial charge in [-0.15, -0.1) is 0 Å². The number of furan rings is 1. The van der Waals surface area contributed by atoms with Gasteiger partial charge in [0.25, 0.3) is 10.0 Å². The van der Waals surface area contributed by atoms with Crippen LogP contribution in [0, 0.1) is 5.92 Å². The molecule has 1 amide bonds. The van der Waals surface area contributed by atoms with Crippen molar-refractivity contribution in [1.82, 2.24) is 14.9 Å². The van der Waals surface area contributed by atoms with Crippen molar-refractivity contribution in [2.24, 2.45) is 5.92 Å². The third-order valence-corrected chi connectivity index (χ3v) is 4.35. The average molecular weight is 317 g/mol. The van der Waals surface area contributed by atoms with E-state index in [4.69, 9.17) is 4.42 Å². The van der Waals surface area contributed by atoms with Crippen molar-refractivity contribution in [2.45, 2.75) is 25.5 Å². The van der Waals surface area contributed by atoms with Gasteiger partial charge in [0.15, 0.2) is 0 Å². The Bertz CT molecular complexity index is 564. The van der Waals surface area contributed by atoms with Crippen LogP contribution in [0.4, 0.5) is 0 Å².